The molecule has 3 N–H and O–H groups in total. The standard InChI is InChI=1S/C13H18O5/c1-8(9-5-3-2-4-6-9)18-13-12(16)11(15)10(14)7-17-13/h2-6,8,10-16H,7H2,1H3/t8?,10-,11-,12+,13-/m0/s1. The van der Waals surface area contributed by atoms with Crippen LogP contribution < -0.4 is 0 Å². The number of rotatable bonds is 3. The third kappa shape index (κ3) is 2.88. The Morgan fingerprint density at radius 1 is 1.17 bits per heavy atom. The van der Waals surface area contributed by atoms with Crippen LogP contribution in [-0.4, -0.2) is 46.5 Å². The molecule has 100 valence electrons. The maximum atomic E-state index is 9.74. The van der Waals surface area contributed by atoms with E-state index in [1.54, 1.807) is 0 Å². The van der Waals surface area contributed by atoms with Gasteiger partial charge in [0.1, 0.15) is 18.3 Å². The van der Waals surface area contributed by atoms with Crippen LogP contribution in [0.3, 0.4) is 0 Å². The molecule has 0 aromatic heterocycles. The van der Waals surface area contributed by atoms with Crippen LogP contribution in [0.2, 0.25) is 0 Å². The fourth-order valence-electron chi connectivity index (χ4n) is 1.90. The first-order valence-electron chi connectivity index (χ1n) is 5.96. The summed E-state index contributed by atoms with van der Waals surface area (Å²) in [4.78, 5) is 0. The summed E-state index contributed by atoms with van der Waals surface area (Å²) in [5.41, 5.74) is 0.953. The van der Waals surface area contributed by atoms with Crippen molar-refractivity contribution >= 4 is 0 Å². The lowest BCUT2D eigenvalue weighted by Crippen LogP contribution is -2.53. The molecule has 1 aromatic rings. The number of hydrogen-bond acceptors (Lipinski definition) is 5. The minimum atomic E-state index is -1.25. The molecule has 1 unspecified atom stereocenters. The summed E-state index contributed by atoms with van der Waals surface area (Å²) in [7, 11) is 0. The lowest BCUT2D eigenvalue weighted by molar-refractivity contribution is -0.281. The van der Waals surface area contributed by atoms with Crippen molar-refractivity contribution in [1.82, 2.24) is 0 Å². The van der Waals surface area contributed by atoms with Gasteiger partial charge in [0.05, 0.1) is 12.7 Å². The van der Waals surface area contributed by atoms with E-state index in [9.17, 15) is 15.3 Å². The topological polar surface area (TPSA) is 79.2 Å². The smallest absolute Gasteiger partial charge is 0.186 e. The number of aliphatic hydroxyl groups excluding tert-OH is 3. The van der Waals surface area contributed by atoms with Crippen molar-refractivity contribution in [2.24, 2.45) is 0 Å². The fourth-order valence-corrected chi connectivity index (χ4v) is 1.90. The fraction of sp³-hybridized carbons (Fsp3) is 0.538. The summed E-state index contributed by atoms with van der Waals surface area (Å²) >= 11 is 0. The quantitative estimate of drug-likeness (QED) is 0.718. The predicted molar refractivity (Wildman–Crippen MR) is 63.7 cm³/mol. The molecular weight excluding hydrogens is 236 g/mol. The molecule has 1 heterocycles. The van der Waals surface area contributed by atoms with Gasteiger partial charge in [0.2, 0.25) is 0 Å². The van der Waals surface area contributed by atoms with E-state index in [2.05, 4.69) is 0 Å². The highest BCUT2D eigenvalue weighted by atomic mass is 16.7. The van der Waals surface area contributed by atoms with E-state index in [0.717, 1.165) is 5.56 Å². The highest BCUT2D eigenvalue weighted by Crippen LogP contribution is 2.24. The van der Waals surface area contributed by atoms with Gasteiger partial charge < -0.3 is 24.8 Å². The van der Waals surface area contributed by atoms with Gasteiger partial charge in [-0.15, -0.1) is 0 Å². The molecule has 5 heteroatoms. The number of ether oxygens (including phenoxy) is 2. The Morgan fingerprint density at radius 2 is 1.83 bits per heavy atom. The number of aliphatic hydroxyl groups is 3. The Hall–Kier alpha value is -0.980. The molecule has 1 aliphatic rings. The van der Waals surface area contributed by atoms with Crippen LogP contribution >= 0.6 is 0 Å². The Balaban J connectivity index is 1.97. The lowest BCUT2D eigenvalue weighted by Gasteiger charge is -2.36. The molecule has 5 atom stereocenters. The SMILES string of the molecule is CC(O[C@@H]1OC[C@H](O)[C@H](O)[C@H]1O)c1ccccc1. The van der Waals surface area contributed by atoms with Crippen LogP contribution in [0, 0.1) is 0 Å². The van der Waals surface area contributed by atoms with Crippen molar-refractivity contribution in [3.63, 3.8) is 0 Å². The second-order valence-corrected chi connectivity index (χ2v) is 4.44. The van der Waals surface area contributed by atoms with Gasteiger partial charge in [0, 0.05) is 0 Å². The van der Waals surface area contributed by atoms with Crippen LogP contribution in [0.5, 0.6) is 0 Å². The third-order valence-corrected chi connectivity index (χ3v) is 3.06. The Bertz CT molecular complexity index is 369. The average Bonchev–Trinajstić information content (AvgIpc) is 2.40. The summed E-state index contributed by atoms with van der Waals surface area (Å²) in [6, 6.07) is 9.51. The van der Waals surface area contributed by atoms with E-state index in [0.29, 0.717) is 0 Å². The van der Waals surface area contributed by atoms with Gasteiger partial charge in [-0.25, -0.2) is 0 Å². The van der Waals surface area contributed by atoms with E-state index in [-0.39, 0.29) is 12.7 Å². The molecule has 0 bridgehead atoms. The van der Waals surface area contributed by atoms with Crippen LogP contribution in [0.4, 0.5) is 0 Å². The molecule has 0 saturated carbocycles. The van der Waals surface area contributed by atoms with Crippen LogP contribution in [0.25, 0.3) is 0 Å². The predicted octanol–water partition coefficient (Wildman–Crippen LogP) is 0.203. The molecule has 5 nitrogen and oxygen atoms in total. The average molecular weight is 254 g/mol. The second kappa shape index (κ2) is 5.77. The molecule has 0 aliphatic carbocycles. The van der Waals surface area contributed by atoms with Gasteiger partial charge in [-0.3, -0.25) is 0 Å². The minimum Gasteiger partial charge on any atom is -0.388 e. The van der Waals surface area contributed by atoms with Gasteiger partial charge in [0.15, 0.2) is 6.29 Å². The monoisotopic (exact) mass is 254 g/mol. The van der Waals surface area contributed by atoms with Crippen molar-refractivity contribution in [3.05, 3.63) is 35.9 Å². The minimum absolute atomic E-state index is 0.0512. The van der Waals surface area contributed by atoms with Crippen LogP contribution in [0.1, 0.15) is 18.6 Å². The molecule has 0 spiro atoms. The molecule has 0 amide bonds. The Kier molecular flexibility index (Phi) is 4.31. The first-order chi connectivity index (χ1) is 8.59. The zero-order chi connectivity index (χ0) is 13.1. The maximum Gasteiger partial charge on any atom is 0.186 e. The molecule has 0 radical (unpaired) electrons. The summed E-state index contributed by atoms with van der Waals surface area (Å²) in [5, 5.41) is 28.6. The molecule has 18 heavy (non-hydrogen) atoms. The van der Waals surface area contributed by atoms with E-state index in [1.165, 1.54) is 0 Å². The normalized spacial score (nSPS) is 34.2. The number of benzene rings is 1. The van der Waals surface area contributed by atoms with Crippen LogP contribution in [-0.2, 0) is 9.47 Å². The number of hydrogen-bond donors (Lipinski definition) is 3. The van der Waals surface area contributed by atoms with E-state index < -0.39 is 24.6 Å². The molecular formula is C13H18O5. The summed E-state index contributed by atoms with van der Waals surface area (Å²) in [6.07, 6.45) is -4.77. The lowest BCUT2D eigenvalue weighted by atomic mass is 10.1. The van der Waals surface area contributed by atoms with Gasteiger partial charge in [-0.2, -0.15) is 0 Å². The third-order valence-electron chi connectivity index (χ3n) is 3.06. The molecule has 1 aromatic carbocycles. The van der Waals surface area contributed by atoms with Crippen molar-refractivity contribution in [2.75, 3.05) is 6.61 Å². The van der Waals surface area contributed by atoms with E-state index >= 15 is 0 Å². The summed E-state index contributed by atoms with van der Waals surface area (Å²) in [6.45, 7) is 1.78. The van der Waals surface area contributed by atoms with Gasteiger partial charge in [-0.05, 0) is 12.5 Å². The van der Waals surface area contributed by atoms with Crippen molar-refractivity contribution in [1.29, 1.82) is 0 Å². The Labute approximate surface area is 106 Å². The first kappa shape index (κ1) is 13.5. The summed E-state index contributed by atoms with van der Waals surface area (Å²) in [5.74, 6) is 0. The molecule has 1 saturated heterocycles. The second-order valence-electron chi connectivity index (χ2n) is 4.44. The van der Waals surface area contributed by atoms with Crippen molar-refractivity contribution < 1.29 is 24.8 Å². The van der Waals surface area contributed by atoms with Gasteiger partial charge in [0.25, 0.3) is 0 Å². The molecule has 2 rings (SSSR count). The van der Waals surface area contributed by atoms with Crippen molar-refractivity contribution in [2.45, 2.75) is 37.6 Å². The van der Waals surface area contributed by atoms with Crippen LogP contribution in [0.15, 0.2) is 30.3 Å². The molecule has 1 aliphatic heterocycles. The maximum absolute atomic E-state index is 9.74. The Morgan fingerprint density at radius 3 is 2.50 bits per heavy atom. The highest BCUT2D eigenvalue weighted by Gasteiger charge is 2.38. The van der Waals surface area contributed by atoms with E-state index in [4.69, 9.17) is 9.47 Å². The van der Waals surface area contributed by atoms with E-state index in [1.807, 2.05) is 37.3 Å². The van der Waals surface area contributed by atoms with Crippen molar-refractivity contribution in [3.8, 4) is 0 Å². The van der Waals surface area contributed by atoms with Gasteiger partial charge >= 0.3 is 0 Å². The highest BCUT2D eigenvalue weighted by molar-refractivity contribution is 5.16. The largest absolute Gasteiger partial charge is 0.388 e. The summed E-state index contributed by atoms with van der Waals surface area (Å²) < 4.78 is 10.7. The molecule has 1 fully saturated rings. The van der Waals surface area contributed by atoms with Gasteiger partial charge in [-0.1, -0.05) is 30.3 Å². The zero-order valence-electron chi connectivity index (χ0n) is 10.1. The first-order valence-corrected chi connectivity index (χ1v) is 5.96. The zero-order valence-corrected chi connectivity index (χ0v) is 10.1.